The summed E-state index contributed by atoms with van der Waals surface area (Å²) >= 11 is 0. The average Bonchev–Trinajstić information content (AvgIpc) is 3.00. The van der Waals surface area contributed by atoms with Crippen LogP contribution in [0.2, 0.25) is 0 Å². The summed E-state index contributed by atoms with van der Waals surface area (Å²) in [6, 6.07) is 9.09. The van der Waals surface area contributed by atoms with E-state index in [1.165, 1.54) is 0 Å². The normalized spacial score (nSPS) is 40.1. The highest BCUT2D eigenvalue weighted by molar-refractivity contribution is 5.89. The molecule has 124 valence electrons. The van der Waals surface area contributed by atoms with Crippen LogP contribution in [0.3, 0.4) is 0 Å². The molecule has 0 radical (unpaired) electrons. The molecule has 3 aliphatic rings. The third kappa shape index (κ3) is 2.38. The summed E-state index contributed by atoms with van der Waals surface area (Å²) < 4.78 is 23.4. The van der Waals surface area contributed by atoms with E-state index in [4.69, 9.17) is 18.9 Å². The van der Waals surface area contributed by atoms with Gasteiger partial charge in [-0.15, -0.1) is 0 Å². The SMILES string of the molecule is CO[C@@H]1C[C@@]2(C[C@H]2OC(=O)c2ccccc2)C2OC(C)(C)OC21. The number of hydrogen-bond donors (Lipinski definition) is 0. The summed E-state index contributed by atoms with van der Waals surface area (Å²) in [5, 5.41) is 0. The molecule has 2 unspecified atom stereocenters. The van der Waals surface area contributed by atoms with Crippen LogP contribution in [0.4, 0.5) is 0 Å². The van der Waals surface area contributed by atoms with E-state index in [-0.39, 0.29) is 35.8 Å². The molecule has 5 atom stereocenters. The summed E-state index contributed by atoms with van der Waals surface area (Å²) in [5.74, 6) is -0.890. The Labute approximate surface area is 135 Å². The van der Waals surface area contributed by atoms with Crippen molar-refractivity contribution in [2.24, 2.45) is 5.41 Å². The van der Waals surface area contributed by atoms with Crippen molar-refractivity contribution in [2.75, 3.05) is 7.11 Å². The van der Waals surface area contributed by atoms with Crippen LogP contribution in [0.1, 0.15) is 37.0 Å². The van der Waals surface area contributed by atoms with Gasteiger partial charge in [0.15, 0.2) is 5.79 Å². The van der Waals surface area contributed by atoms with E-state index >= 15 is 0 Å². The number of ether oxygens (including phenoxy) is 4. The molecule has 0 aromatic heterocycles. The van der Waals surface area contributed by atoms with Crippen LogP contribution < -0.4 is 0 Å². The smallest absolute Gasteiger partial charge is 0.338 e. The molecule has 1 spiro atoms. The third-order valence-corrected chi connectivity index (χ3v) is 5.25. The molecule has 0 amide bonds. The summed E-state index contributed by atoms with van der Waals surface area (Å²) in [7, 11) is 1.70. The van der Waals surface area contributed by atoms with Gasteiger partial charge < -0.3 is 18.9 Å². The molecule has 1 heterocycles. The molecule has 2 aliphatic carbocycles. The summed E-state index contributed by atoms with van der Waals surface area (Å²) in [5.41, 5.74) is 0.417. The van der Waals surface area contributed by atoms with Crippen molar-refractivity contribution in [3.8, 4) is 0 Å². The maximum Gasteiger partial charge on any atom is 0.338 e. The Morgan fingerprint density at radius 2 is 1.91 bits per heavy atom. The number of hydrogen-bond acceptors (Lipinski definition) is 5. The second-order valence-corrected chi connectivity index (χ2v) is 7.20. The highest BCUT2D eigenvalue weighted by Gasteiger charge is 2.73. The van der Waals surface area contributed by atoms with E-state index in [9.17, 15) is 4.79 Å². The fraction of sp³-hybridized carbons (Fsp3) is 0.611. The first-order valence-electron chi connectivity index (χ1n) is 8.10. The Bertz CT molecular complexity index is 613. The minimum Gasteiger partial charge on any atom is -0.458 e. The van der Waals surface area contributed by atoms with Crippen molar-refractivity contribution in [1.29, 1.82) is 0 Å². The number of esters is 1. The molecule has 5 heteroatoms. The molecular formula is C18H22O5. The summed E-state index contributed by atoms with van der Waals surface area (Å²) in [4.78, 5) is 12.3. The Kier molecular flexibility index (Phi) is 3.31. The first kappa shape index (κ1) is 15.1. The van der Waals surface area contributed by atoms with E-state index < -0.39 is 5.79 Å². The van der Waals surface area contributed by atoms with Crippen LogP contribution in [-0.2, 0) is 18.9 Å². The number of benzene rings is 1. The lowest BCUT2D eigenvalue weighted by Crippen LogP contribution is -2.30. The van der Waals surface area contributed by atoms with Crippen molar-refractivity contribution in [1.82, 2.24) is 0 Å². The van der Waals surface area contributed by atoms with Gasteiger partial charge in [0.05, 0.1) is 17.8 Å². The molecule has 1 aromatic rings. The van der Waals surface area contributed by atoms with Gasteiger partial charge in [-0.25, -0.2) is 4.79 Å². The van der Waals surface area contributed by atoms with Gasteiger partial charge in [0, 0.05) is 12.5 Å². The number of rotatable bonds is 3. The van der Waals surface area contributed by atoms with Crippen molar-refractivity contribution >= 4 is 5.97 Å². The standard InChI is InChI=1S/C18H22O5/c1-17(2)22-14-12(20-3)9-18(15(14)23-17)10-13(18)21-16(19)11-7-5-4-6-8-11/h4-8,12-15H,9-10H2,1-3H3/t12-,13-,14?,15?,18+/m1/s1. The first-order chi connectivity index (χ1) is 11.0. The van der Waals surface area contributed by atoms with Gasteiger partial charge >= 0.3 is 5.97 Å². The maximum atomic E-state index is 12.3. The van der Waals surface area contributed by atoms with E-state index in [2.05, 4.69) is 0 Å². The van der Waals surface area contributed by atoms with Crippen LogP contribution in [0.25, 0.3) is 0 Å². The molecule has 2 saturated carbocycles. The van der Waals surface area contributed by atoms with Gasteiger partial charge in [-0.2, -0.15) is 0 Å². The Morgan fingerprint density at radius 1 is 1.17 bits per heavy atom. The highest BCUT2D eigenvalue weighted by atomic mass is 16.8. The van der Waals surface area contributed by atoms with Crippen LogP contribution in [0, 0.1) is 5.41 Å². The quantitative estimate of drug-likeness (QED) is 0.802. The van der Waals surface area contributed by atoms with Gasteiger partial charge in [-0.1, -0.05) is 18.2 Å². The maximum absolute atomic E-state index is 12.3. The Hall–Kier alpha value is -1.43. The lowest BCUT2D eigenvalue weighted by molar-refractivity contribution is -0.172. The Balaban J connectivity index is 1.49. The van der Waals surface area contributed by atoms with Crippen molar-refractivity contribution in [2.45, 2.75) is 56.9 Å². The third-order valence-electron chi connectivity index (χ3n) is 5.25. The predicted octanol–water partition coefficient (Wildman–Crippen LogP) is 2.54. The second kappa shape index (κ2) is 5.03. The van der Waals surface area contributed by atoms with Crippen LogP contribution in [0.5, 0.6) is 0 Å². The first-order valence-corrected chi connectivity index (χ1v) is 8.10. The highest BCUT2D eigenvalue weighted by Crippen LogP contribution is 2.64. The molecule has 5 nitrogen and oxygen atoms in total. The van der Waals surface area contributed by atoms with E-state index in [0.29, 0.717) is 5.56 Å². The molecule has 1 aromatic carbocycles. The van der Waals surface area contributed by atoms with E-state index in [0.717, 1.165) is 12.8 Å². The van der Waals surface area contributed by atoms with Crippen molar-refractivity contribution in [3.63, 3.8) is 0 Å². The number of carbonyl (C=O) groups excluding carboxylic acids is 1. The molecule has 3 fully saturated rings. The fourth-order valence-electron chi connectivity index (χ4n) is 4.06. The van der Waals surface area contributed by atoms with Gasteiger partial charge in [-0.05, 0) is 38.8 Å². The lowest BCUT2D eigenvalue weighted by atomic mass is 10.0. The van der Waals surface area contributed by atoms with Crippen LogP contribution in [-0.4, -0.2) is 43.3 Å². The largest absolute Gasteiger partial charge is 0.458 e. The molecule has 0 bridgehead atoms. The molecule has 1 aliphatic heterocycles. The lowest BCUT2D eigenvalue weighted by Gasteiger charge is -2.23. The zero-order valence-corrected chi connectivity index (χ0v) is 13.7. The molecule has 1 saturated heterocycles. The van der Waals surface area contributed by atoms with E-state index in [1.54, 1.807) is 19.2 Å². The van der Waals surface area contributed by atoms with Gasteiger partial charge in [0.2, 0.25) is 0 Å². The van der Waals surface area contributed by atoms with Crippen LogP contribution >= 0.6 is 0 Å². The second-order valence-electron chi connectivity index (χ2n) is 7.20. The van der Waals surface area contributed by atoms with Crippen LogP contribution in [0.15, 0.2) is 30.3 Å². The summed E-state index contributed by atoms with van der Waals surface area (Å²) in [6.07, 6.45) is 1.32. The van der Waals surface area contributed by atoms with Crippen molar-refractivity contribution < 1.29 is 23.7 Å². The van der Waals surface area contributed by atoms with Gasteiger partial charge in [0.25, 0.3) is 0 Å². The van der Waals surface area contributed by atoms with E-state index in [1.807, 2.05) is 32.0 Å². The molecule has 23 heavy (non-hydrogen) atoms. The zero-order chi connectivity index (χ0) is 16.2. The summed E-state index contributed by atoms with van der Waals surface area (Å²) in [6.45, 7) is 3.83. The average molecular weight is 318 g/mol. The topological polar surface area (TPSA) is 54.0 Å². The molecule has 4 rings (SSSR count). The number of methoxy groups -OCH3 is 1. The fourth-order valence-corrected chi connectivity index (χ4v) is 4.06. The predicted molar refractivity (Wildman–Crippen MR) is 81.9 cm³/mol. The van der Waals surface area contributed by atoms with Crippen molar-refractivity contribution in [3.05, 3.63) is 35.9 Å². The molecular weight excluding hydrogens is 296 g/mol. The number of fused-ring (bicyclic) bond motifs is 2. The minimum atomic E-state index is -0.615. The molecule has 0 N–H and O–H groups in total. The zero-order valence-electron chi connectivity index (χ0n) is 13.7. The van der Waals surface area contributed by atoms with Gasteiger partial charge in [-0.3, -0.25) is 0 Å². The van der Waals surface area contributed by atoms with Gasteiger partial charge in [0.1, 0.15) is 12.2 Å². The Morgan fingerprint density at radius 3 is 2.61 bits per heavy atom. The minimum absolute atomic E-state index is 0.0118. The number of carbonyl (C=O) groups is 1. The monoisotopic (exact) mass is 318 g/mol.